The second-order valence-corrected chi connectivity index (χ2v) is 3.11. The van der Waals surface area contributed by atoms with Crippen LogP contribution >= 0.6 is 0 Å². The molecule has 1 aliphatic heterocycles. The van der Waals surface area contributed by atoms with Crippen molar-refractivity contribution in [1.29, 1.82) is 0 Å². The number of carbonyl (C=O) groups is 1. The molecule has 14 heavy (non-hydrogen) atoms. The topological polar surface area (TPSA) is 51.2 Å². The van der Waals surface area contributed by atoms with Gasteiger partial charge in [-0.15, -0.1) is 0 Å². The van der Waals surface area contributed by atoms with Crippen molar-refractivity contribution < 1.29 is 13.9 Å². The Kier molecular flexibility index (Phi) is 2.30. The van der Waals surface area contributed by atoms with Crippen LogP contribution in [0.15, 0.2) is 18.5 Å². The summed E-state index contributed by atoms with van der Waals surface area (Å²) in [6, 6.07) is 1.46. The lowest BCUT2D eigenvalue weighted by Crippen LogP contribution is -2.28. The van der Waals surface area contributed by atoms with Crippen LogP contribution in [0, 0.1) is 5.82 Å². The van der Waals surface area contributed by atoms with E-state index in [1.54, 1.807) is 6.07 Å². The summed E-state index contributed by atoms with van der Waals surface area (Å²) in [6.07, 6.45) is 2.67. The van der Waals surface area contributed by atoms with Gasteiger partial charge in [0.2, 0.25) is 0 Å². The number of ether oxygens (including phenoxy) is 1. The standard InChI is InChI=1S/C9H9FN2O2/c10-8-4-11-2-1-6(8)3-7-5-14-9(13)12-7/h1-2,4,7H,3,5H2,(H,12,13)/t7-/m0/s1. The monoisotopic (exact) mass is 196 g/mol. The van der Waals surface area contributed by atoms with Crippen LogP contribution in [-0.4, -0.2) is 23.7 Å². The van der Waals surface area contributed by atoms with Crippen LogP contribution in [0.2, 0.25) is 0 Å². The van der Waals surface area contributed by atoms with E-state index in [4.69, 9.17) is 0 Å². The van der Waals surface area contributed by atoms with Gasteiger partial charge in [0.15, 0.2) is 0 Å². The molecule has 4 nitrogen and oxygen atoms in total. The largest absolute Gasteiger partial charge is 0.447 e. The van der Waals surface area contributed by atoms with E-state index in [0.717, 1.165) is 6.20 Å². The van der Waals surface area contributed by atoms with Gasteiger partial charge in [0.25, 0.3) is 0 Å². The Hall–Kier alpha value is -1.65. The third kappa shape index (κ3) is 1.81. The fourth-order valence-corrected chi connectivity index (χ4v) is 1.37. The number of hydrogen-bond acceptors (Lipinski definition) is 3. The van der Waals surface area contributed by atoms with Gasteiger partial charge in [-0.05, 0) is 18.1 Å². The predicted molar refractivity (Wildman–Crippen MR) is 46.2 cm³/mol. The number of pyridine rings is 1. The molecule has 0 unspecified atom stereocenters. The number of aromatic nitrogens is 1. The summed E-state index contributed by atoms with van der Waals surface area (Å²) in [6.45, 7) is 0.292. The minimum absolute atomic E-state index is 0.139. The molecule has 1 aromatic heterocycles. The second-order valence-electron chi connectivity index (χ2n) is 3.11. The molecule has 0 spiro atoms. The van der Waals surface area contributed by atoms with Crippen molar-refractivity contribution in [3.63, 3.8) is 0 Å². The molecule has 0 saturated carbocycles. The van der Waals surface area contributed by atoms with Gasteiger partial charge >= 0.3 is 6.09 Å². The highest BCUT2D eigenvalue weighted by Gasteiger charge is 2.23. The maximum absolute atomic E-state index is 13.1. The van der Waals surface area contributed by atoms with E-state index < -0.39 is 6.09 Å². The number of halogens is 1. The molecule has 1 aromatic rings. The molecule has 1 fully saturated rings. The number of nitrogens with zero attached hydrogens (tertiary/aromatic N) is 1. The fourth-order valence-electron chi connectivity index (χ4n) is 1.37. The zero-order valence-electron chi connectivity index (χ0n) is 7.37. The molecule has 1 amide bonds. The van der Waals surface area contributed by atoms with Crippen LogP contribution in [0.3, 0.4) is 0 Å². The molecule has 0 aliphatic carbocycles. The summed E-state index contributed by atoms with van der Waals surface area (Å²) in [5, 5.41) is 2.58. The normalized spacial score (nSPS) is 20.4. The van der Waals surface area contributed by atoms with Gasteiger partial charge in [-0.3, -0.25) is 4.98 Å². The first kappa shape index (κ1) is 8.93. The van der Waals surface area contributed by atoms with Gasteiger partial charge in [0.05, 0.1) is 12.2 Å². The molecule has 1 N–H and O–H groups in total. The lowest BCUT2D eigenvalue weighted by atomic mass is 10.1. The van der Waals surface area contributed by atoms with E-state index in [9.17, 15) is 9.18 Å². The Labute approximate surface area is 80.1 Å². The summed E-state index contributed by atoms with van der Waals surface area (Å²) in [7, 11) is 0. The van der Waals surface area contributed by atoms with E-state index >= 15 is 0 Å². The first-order valence-electron chi connectivity index (χ1n) is 4.27. The zero-order chi connectivity index (χ0) is 9.97. The third-order valence-electron chi connectivity index (χ3n) is 2.06. The molecule has 0 bridgehead atoms. The SMILES string of the molecule is O=C1N[C@@H](Cc2ccncc2F)CO1. The minimum atomic E-state index is -0.440. The van der Waals surface area contributed by atoms with Crippen molar-refractivity contribution >= 4 is 6.09 Å². The highest BCUT2D eigenvalue weighted by molar-refractivity contribution is 5.69. The van der Waals surface area contributed by atoms with Crippen LogP contribution in [0.4, 0.5) is 9.18 Å². The summed E-state index contributed by atoms with van der Waals surface area (Å²) < 4.78 is 17.8. The van der Waals surface area contributed by atoms with Gasteiger partial charge < -0.3 is 10.1 Å². The number of hydrogen-bond donors (Lipinski definition) is 1. The van der Waals surface area contributed by atoms with E-state index in [1.165, 1.54) is 6.20 Å². The van der Waals surface area contributed by atoms with Gasteiger partial charge in [-0.2, -0.15) is 0 Å². The Balaban J connectivity index is 2.04. The van der Waals surface area contributed by atoms with E-state index in [0.29, 0.717) is 18.6 Å². The molecule has 2 heterocycles. The van der Waals surface area contributed by atoms with Crippen LogP contribution in [-0.2, 0) is 11.2 Å². The Morgan fingerprint density at radius 1 is 1.71 bits per heavy atom. The van der Waals surface area contributed by atoms with Crippen molar-refractivity contribution in [2.75, 3.05) is 6.61 Å². The average Bonchev–Trinajstić information content (AvgIpc) is 2.56. The van der Waals surface area contributed by atoms with Crippen molar-refractivity contribution in [1.82, 2.24) is 10.3 Å². The molecular formula is C9H9FN2O2. The zero-order valence-corrected chi connectivity index (χ0v) is 7.37. The summed E-state index contributed by atoms with van der Waals surface area (Å²) in [4.78, 5) is 14.3. The predicted octanol–water partition coefficient (Wildman–Crippen LogP) is 0.872. The van der Waals surface area contributed by atoms with Crippen LogP contribution in [0.5, 0.6) is 0 Å². The van der Waals surface area contributed by atoms with E-state index in [2.05, 4.69) is 15.0 Å². The van der Waals surface area contributed by atoms with Crippen molar-refractivity contribution in [3.05, 3.63) is 29.8 Å². The second kappa shape index (κ2) is 3.61. The number of rotatable bonds is 2. The van der Waals surface area contributed by atoms with Gasteiger partial charge in [0.1, 0.15) is 12.4 Å². The van der Waals surface area contributed by atoms with Crippen LogP contribution in [0.1, 0.15) is 5.56 Å². The average molecular weight is 196 g/mol. The molecule has 1 aliphatic rings. The minimum Gasteiger partial charge on any atom is -0.447 e. The summed E-state index contributed by atoms with van der Waals surface area (Å²) >= 11 is 0. The van der Waals surface area contributed by atoms with Gasteiger partial charge in [-0.25, -0.2) is 9.18 Å². The number of amides is 1. The molecule has 1 saturated heterocycles. The number of alkyl carbamates (subject to hydrolysis) is 1. The maximum atomic E-state index is 13.1. The molecule has 74 valence electrons. The van der Waals surface area contributed by atoms with E-state index in [1.807, 2.05) is 0 Å². The third-order valence-corrected chi connectivity index (χ3v) is 2.06. The molecule has 2 rings (SSSR count). The highest BCUT2D eigenvalue weighted by Crippen LogP contribution is 2.10. The Morgan fingerprint density at radius 3 is 3.21 bits per heavy atom. The highest BCUT2D eigenvalue weighted by atomic mass is 19.1. The summed E-state index contributed by atoms with van der Waals surface area (Å²) in [5.74, 6) is -0.353. The lowest BCUT2D eigenvalue weighted by Gasteiger charge is -2.07. The maximum Gasteiger partial charge on any atom is 0.407 e. The Bertz CT molecular complexity index is 356. The number of cyclic esters (lactones) is 1. The fraction of sp³-hybridized carbons (Fsp3) is 0.333. The van der Waals surface area contributed by atoms with Gasteiger partial charge in [0, 0.05) is 6.20 Å². The molecular weight excluding hydrogens is 187 g/mol. The quantitative estimate of drug-likeness (QED) is 0.763. The lowest BCUT2D eigenvalue weighted by molar-refractivity contribution is 0.177. The smallest absolute Gasteiger partial charge is 0.407 e. The first-order valence-corrected chi connectivity index (χ1v) is 4.27. The molecule has 1 atom stereocenters. The number of carbonyl (C=O) groups excluding carboxylic acids is 1. The van der Waals surface area contributed by atoms with Crippen molar-refractivity contribution in [2.45, 2.75) is 12.5 Å². The van der Waals surface area contributed by atoms with Crippen LogP contribution in [0.25, 0.3) is 0 Å². The Morgan fingerprint density at radius 2 is 2.57 bits per heavy atom. The summed E-state index contributed by atoms with van der Waals surface area (Å²) in [5.41, 5.74) is 0.538. The van der Waals surface area contributed by atoms with Crippen LogP contribution < -0.4 is 5.32 Å². The van der Waals surface area contributed by atoms with Gasteiger partial charge in [-0.1, -0.05) is 0 Å². The first-order chi connectivity index (χ1) is 6.75. The molecule has 5 heteroatoms. The number of nitrogens with one attached hydrogen (secondary N) is 1. The van der Waals surface area contributed by atoms with E-state index in [-0.39, 0.29) is 11.9 Å². The molecule has 0 radical (unpaired) electrons. The van der Waals surface area contributed by atoms with Crippen molar-refractivity contribution in [2.24, 2.45) is 0 Å². The van der Waals surface area contributed by atoms with Crippen molar-refractivity contribution in [3.8, 4) is 0 Å². The molecule has 0 aromatic carbocycles.